The lowest BCUT2D eigenvalue weighted by Crippen LogP contribution is -2.02. The molecule has 0 aliphatic carbocycles. The molecule has 24 heavy (non-hydrogen) atoms. The first-order valence-electron chi connectivity index (χ1n) is 8.53. The maximum Gasteiger partial charge on any atom is 0.198 e. The van der Waals surface area contributed by atoms with Crippen LogP contribution in [0.2, 0.25) is 0 Å². The highest BCUT2D eigenvalue weighted by atomic mass is 32.1. The molecule has 0 aliphatic heterocycles. The van der Waals surface area contributed by atoms with Crippen LogP contribution in [0.4, 0.5) is 0 Å². The summed E-state index contributed by atoms with van der Waals surface area (Å²) < 4.78 is 2.25. The van der Waals surface area contributed by atoms with E-state index in [-0.39, 0.29) is 0 Å². The van der Waals surface area contributed by atoms with Crippen LogP contribution < -0.4 is 0 Å². The molecule has 4 aromatic rings. The van der Waals surface area contributed by atoms with Gasteiger partial charge < -0.3 is 4.57 Å². The van der Waals surface area contributed by atoms with E-state index in [0.29, 0.717) is 0 Å². The third-order valence-electron chi connectivity index (χ3n) is 4.23. The molecule has 0 fully saturated rings. The van der Waals surface area contributed by atoms with Crippen molar-refractivity contribution in [2.75, 3.05) is 0 Å². The molecule has 0 saturated heterocycles. The van der Waals surface area contributed by atoms with Gasteiger partial charge in [-0.3, -0.25) is 0 Å². The van der Waals surface area contributed by atoms with Crippen LogP contribution in [0.25, 0.3) is 33.0 Å². The lowest BCUT2D eigenvalue weighted by molar-refractivity contribution is 0.593. The van der Waals surface area contributed by atoms with E-state index in [4.69, 9.17) is 15.0 Å². The lowest BCUT2D eigenvalue weighted by Gasteiger charge is -2.07. The Morgan fingerprint density at radius 1 is 0.917 bits per heavy atom. The first-order chi connectivity index (χ1) is 11.9. The zero-order chi connectivity index (χ0) is 16.4. The smallest absolute Gasteiger partial charge is 0.198 e. The van der Waals surface area contributed by atoms with E-state index in [1.807, 2.05) is 24.3 Å². The number of thiophene rings is 1. The molecule has 122 valence electrons. The van der Waals surface area contributed by atoms with Crippen molar-refractivity contribution in [2.45, 2.75) is 39.2 Å². The fourth-order valence-electron chi connectivity index (χ4n) is 3.00. The average molecular weight is 336 g/mol. The van der Waals surface area contributed by atoms with Gasteiger partial charge in [0.1, 0.15) is 0 Å². The molecule has 0 unspecified atom stereocenters. The number of nitrogens with zero attached hydrogens (tertiary/aromatic N) is 4. The van der Waals surface area contributed by atoms with Crippen molar-refractivity contribution in [3.8, 4) is 10.7 Å². The summed E-state index contributed by atoms with van der Waals surface area (Å²) in [5, 5.41) is 2.09. The fraction of sp³-hybridized carbons (Fsp3) is 0.316. The number of imidazole rings is 1. The van der Waals surface area contributed by atoms with Gasteiger partial charge in [0.05, 0.1) is 15.9 Å². The summed E-state index contributed by atoms with van der Waals surface area (Å²) >= 11 is 1.71. The summed E-state index contributed by atoms with van der Waals surface area (Å²) in [4.78, 5) is 15.6. The highest BCUT2D eigenvalue weighted by molar-refractivity contribution is 7.13. The largest absolute Gasteiger partial charge is 0.307 e. The van der Waals surface area contributed by atoms with Crippen LogP contribution in [0.3, 0.4) is 0 Å². The number of rotatable bonds is 6. The molecule has 0 spiro atoms. The fourth-order valence-corrected chi connectivity index (χ4v) is 3.72. The Morgan fingerprint density at radius 2 is 1.75 bits per heavy atom. The van der Waals surface area contributed by atoms with Gasteiger partial charge in [0.2, 0.25) is 0 Å². The lowest BCUT2D eigenvalue weighted by atomic mass is 10.2. The molecule has 4 rings (SSSR count). The summed E-state index contributed by atoms with van der Waals surface area (Å²) in [5.74, 6) is 0.992. The number of aromatic nitrogens is 4. The standard InChI is InChI=1S/C19H20N4S/c1-2-3-4-7-12-23-18(16-11-8-13-24-16)22-17-19(23)21-15-10-6-5-9-14(15)20-17/h5-6,8-11,13H,2-4,7,12H2,1H3. The number of unbranched alkanes of at least 4 members (excludes halogenated alkanes) is 3. The van der Waals surface area contributed by atoms with Crippen molar-refractivity contribution in [3.05, 3.63) is 41.8 Å². The van der Waals surface area contributed by atoms with Gasteiger partial charge in [-0.05, 0) is 30.0 Å². The number of hydrogen-bond donors (Lipinski definition) is 0. The normalized spacial score (nSPS) is 11.5. The molecule has 0 radical (unpaired) electrons. The number of aryl methyl sites for hydroxylation is 1. The van der Waals surface area contributed by atoms with Crippen LogP contribution in [0.15, 0.2) is 41.8 Å². The van der Waals surface area contributed by atoms with Gasteiger partial charge >= 0.3 is 0 Å². The Morgan fingerprint density at radius 3 is 2.50 bits per heavy atom. The van der Waals surface area contributed by atoms with Crippen LogP contribution in [0.1, 0.15) is 32.6 Å². The van der Waals surface area contributed by atoms with Crippen molar-refractivity contribution >= 4 is 33.7 Å². The summed E-state index contributed by atoms with van der Waals surface area (Å²) in [6.07, 6.45) is 4.90. The molecule has 1 aromatic carbocycles. The topological polar surface area (TPSA) is 43.6 Å². The minimum atomic E-state index is 0.743. The van der Waals surface area contributed by atoms with Gasteiger partial charge in [-0.1, -0.05) is 44.4 Å². The van der Waals surface area contributed by atoms with Crippen LogP contribution in [-0.4, -0.2) is 19.5 Å². The van der Waals surface area contributed by atoms with E-state index in [0.717, 1.165) is 41.1 Å². The number of fused-ring (bicyclic) bond motifs is 2. The molecule has 4 nitrogen and oxygen atoms in total. The van der Waals surface area contributed by atoms with Crippen molar-refractivity contribution in [2.24, 2.45) is 0 Å². The van der Waals surface area contributed by atoms with Gasteiger partial charge in [0, 0.05) is 6.54 Å². The predicted octanol–water partition coefficient (Wildman–Crippen LogP) is 5.29. The minimum absolute atomic E-state index is 0.743. The average Bonchev–Trinajstić information content (AvgIpc) is 3.24. The second kappa shape index (κ2) is 6.69. The first kappa shape index (κ1) is 15.3. The summed E-state index contributed by atoms with van der Waals surface area (Å²) in [7, 11) is 0. The van der Waals surface area contributed by atoms with Crippen LogP contribution in [0, 0.1) is 0 Å². The van der Waals surface area contributed by atoms with Crippen molar-refractivity contribution in [1.82, 2.24) is 19.5 Å². The third kappa shape index (κ3) is 2.80. The van der Waals surface area contributed by atoms with E-state index in [1.54, 1.807) is 11.3 Å². The number of para-hydroxylation sites is 2. The van der Waals surface area contributed by atoms with Crippen LogP contribution >= 0.6 is 11.3 Å². The zero-order valence-electron chi connectivity index (χ0n) is 13.8. The van der Waals surface area contributed by atoms with E-state index >= 15 is 0 Å². The molecular weight excluding hydrogens is 316 g/mol. The zero-order valence-corrected chi connectivity index (χ0v) is 14.6. The Kier molecular flexibility index (Phi) is 4.26. The van der Waals surface area contributed by atoms with E-state index in [2.05, 4.69) is 29.0 Å². The maximum absolute atomic E-state index is 4.85. The van der Waals surface area contributed by atoms with Crippen LogP contribution in [0.5, 0.6) is 0 Å². The summed E-state index contributed by atoms with van der Waals surface area (Å²) in [6, 6.07) is 12.2. The van der Waals surface area contributed by atoms with E-state index in [9.17, 15) is 0 Å². The van der Waals surface area contributed by atoms with Crippen molar-refractivity contribution < 1.29 is 0 Å². The SMILES string of the molecule is CCCCCCn1c(-c2cccs2)nc2nc3ccccc3nc21. The molecule has 0 N–H and O–H groups in total. The molecule has 3 aromatic heterocycles. The van der Waals surface area contributed by atoms with Gasteiger partial charge in [-0.15, -0.1) is 11.3 Å². The molecule has 0 saturated carbocycles. The van der Waals surface area contributed by atoms with Crippen molar-refractivity contribution in [1.29, 1.82) is 0 Å². The third-order valence-corrected chi connectivity index (χ3v) is 5.10. The molecule has 0 bridgehead atoms. The molecule has 3 heterocycles. The molecular formula is C19H20N4S. The second-order valence-electron chi connectivity index (χ2n) is 5.98. The molecule has 5 heteroatoms. The highest BCUT2D eigenvalue weighted by Gasteiger charge is 2.16. The van der Waals surface area contributed by atoms with Gasteiger partial charge in [-0.25, -0.2) is 15.0 Å². The quantitative estimate of drug-likeness (QED) is 0.449. The van der Waals surface area contributed by atoms with Crippen LogP contribution in [-0.2, 0) is 6.54 Å². The van der Waals surface area contributed by atoms with Gasteiger partial charge in [-0.2, -0.15) is 0 Å². The Bertz CT molecular complexity index is 956. The Hall–Kier alpha value is -2.27. The highest BCUT2D eigenvalue weighted by Crippen LogP contribution is 2.28. The minimum Gasteiger partial charge on any atom is -0.307 e. The maximum atomic E-state index is 4.85. The predicted molar refractivity (Wildman–Crippen MR) is 100 cm³/mol. The second-order valence-corrected chi connectivity index (χ2v) is 6.93. The molecule has 0 atom stereocenters. The Labute approximate surface area is 145 Å². The molecule has 0 amide bonds. The monoisotopic (exact) mass is 336 g/mol. The summed E-state index contributed by atoms with van der Waals surface area (Å²) in [6.45, 7) is 3.18. The van der Waals surface area contributed by atoms with Gasteiger partial charge in [0.15, 0.2) is 17.1 Å². The van der Waals surface area contributed by atoms with E-state index < -0.39 is 0 Å². The number of hydrogen-bond acceptors (Lipinski definition) is 4. The Balaban J connectivity index is 1.84. The van der Waals surface area contributed by atoms with Gasteiger partial charge in [0.25, 0.3) is 0 Å². The van der Waals surface area contributed by atoms with Crippen molar-refractivity contribution in [3.63, 3.8) is 0 Å². The number of benzene rings is 1. The first-order valence-corrected chi connectivity index (χ1v) is 9.41. The molecule has 0 aliphatic rings. The van der Waals surface area contributed by atoms with E-state index in [1.165, 1.54) is 24.1 Å². The summed E-state index contributed by atoms with van der Waals surface area (Å²) in [5.41, 5.74) is 3.47.